The van der Waals surface area contributed by atoms with E-state index in [-0.39, 0.29) is 71.9 Å². The second-order valence-electron chi connectivity index (χ2n) is 11.3. The van der Waals surface area contributed by atoms with E-state index < -0.39 is 63.2 Å². The van der Waals surface area contributed by atoms with Crippen molar-refractivity contribution in [2.24, 2.45) is 34.5 Å². The number of ketones is 2. The molecule has 36 heavy (non-hydrogen) atoms. The number of Topliss-reactive ketones (excluding diaryl/α,β-unsaturated/α-hetero) is 1. The number of hydrogen-bond acceptors (Lipinski definition) is 8. The van der Waals surface area contributed by atoms with Crippen LogP contribution in [-0.4, -0.2) is 94.3 Å². The first-order valence-corrected chi connectivity index (χ1v) is 13.7. The molecule has 0 spiro atoms. The van der Waals surface area contributed by atoms with Crippen molar-refractivity contribution in [3.8, 4) is 0 Å². The Labute approximate surface area is 233 Å². The van der Waals surface area contributed by atoms with Gasteiger partial charge in [-0.1, -0.05) is 32.4 Å². The summed E-state index contributed by atoms with van der Waals surface area (Å²) in [6.45, 7) is 5.24. The topological polar surface area (TPSA) is 155 Å². The third kappa shape index (κ3) is 4.83. The Kier molecular flexibility index (Phi) is 8.26. The maximum absolute atomic E-state index is 13.2. The van der Waals surface area contributed by atoms with Gasteiger partial charge in [0, 0.05) is 16.7 Å². The Hall–Kier alpha value is -0.880. The van der Waals surface area contributed by atoms with E-state index in [9.17, 15) is 33.0 Å². The van der Waals surface area contributed by atoms with Gasteiger partial charge >= 0.3 is 35.5 Å². The summed E-state index contributed by atoms with van der Waals surface area (Å²) >= 11 is 0. The molecule has 3 saturated carbocycles. The van der Waals surface area contributed by atoms with Crippen molar-refractivity contribution < 1.29 is 42.3 Å². The normalized spacial score (nSPS) is 41.3. The quantitative estimate of drug-likeness (QED) is 0.257. The van der Waals surface area contributed by atoms with Gasteiger partial charge in [0.1, 0.15) is 5.60 Å². The number of aliphatic hydroxyl groups is 2. The molecule has 4 aliphatic rings. The molecule has 4 aliphatic carbocycles. The van der Waals surface area contributed by atoms with Crippen LogP contribution >= 0.6 is 0 Å². The van der Waals surface area contributed by atoms with Gasteiger partial charge in [-0.05, 0) is 55.6 Å². The molecule has 0 saturated heterocycles. The summed E-state index contributed by atoms with van der Waals surface area (Å²) in [5.41, 5.74) is -2.19. The summed E-state index contributed by atoms with van der Waals surface area (Å²) in [6.07, 6.45) is 5.42. The predicted molar refractivity (Wildman–Crippen MR) is 132 cm³/mol. The van der Waals surface area contributed by atoms with Crippen LogP contribution in [0.5, 0.6) is 0 Å². The van der Waals surface area contributed by atoms with Crippen LogP contribution in [0.2, 0.25) is 0 Å². The zero-order valence-electron chi connectivity index (χ0n) is 20.3. The van der Waals surface area contributed by atoms with Gasteiger partial charge in [-0.15, -0.1) is 0 Å². The number of ether oxygens (including phenoxy) is 1. The SMILES string of the molecule is CC1C[C@@H]2[C@H]([C@@H](O)C[C@@]3(C)[C@H]2CC[C@]3(O)C(=O)COC(=O)CCS(=O)(=O)O)[C@@]2(C)C=CC(=O)C=C12.[NaH]. The van der Waals surface area contributed by atoms with E-state index in [1.165, 1.54) is 0 Å². The van der Waals surface area contributed by atoms with Crippen LogP contribution in [-0.2, 0) is 29.2 Å². The van der Waals surface area contributed by atoms with Crippen LogP contribution in [0.1, 0.15) is 52.9 Å². The van der Waals surface area contributed by atoms with Gasteiger partial charge in [0.2, 0.25) is 5.78 Å². The van der Waals surface area contributed by atoms with Gasteiger partial charge in [0.25, 0.3) is 10.1 Å². The number of hydrogen-bond donors (Lipinski definition) is 3. The van der Waals surface area contributed by atoms with E-state index in [1.54, 1.807) is 12.2 Å². The minimum atomic E-state index is -4.34. The van der Waals surface area contributed by atoms with Gasteiger partial charge in [-0.2, -0.15) is 8.42 Å². The molecular weight excluding hydrogens is 499 g/mol. The fourth-order valence-corrected chi connectivity index (χ4v) is 8.19. The van der Waals surface area contributed by atoms with Crippen molar-refractivity contribution >= 4 is 57.2 Å². The van der Waals surface area contributed by atoms with E-state index in [1.807, 2.05) is 13.0 Å². The van der Waals surface area contributed by atoms with Crippen molar-refractivity contribution in [2.75, 3.05) is 12.4 Å². The molecule has 0 aromatic carbocycles. The zero-order chi connectivity index (χ0) is 26.0. The van der Waals surface area contributed by atoms with Gasteiger partial charge in [-0.3, -0.25) is 18.9 Å². The second-order valence-corrected chi connectivity index (χ2v) is 12.8. The first kappa shape index (κ1) is 29.7. The van der Waals surface area contributed by atoms with Crippen LogP contribution in [0.25, 0.3) is 0 Å². The van der Waals surface area contributed by atoms with Crippen LogP contribution in [0, 0.1) is 34.5 Å². The number of rotatable bonds is 6. The molecule has 0 radical (unpaired) electrons. The van der Waals surface area contributed by atoms with Crippen molar-refractivity contribution in [3.05, 3.63) is 23.8 Å². The van der Waals surface area contributed by atoms with Crippen molar-refractivity contribution in [2.45, 2.75) is 64.6 Å². The molecule has 3 N–H and O–H groups in total. The molecule has 11 heteroatoms. The van der Waals surface area contributed by atoms with Gasteiger partial charge in [-0.25, -0.2) is 0 Å². The Morgan fingerprint density at radius 2 is 1.92 bits per heavy atom. The van der Waals surface area contributed by atoms with E-state index in [0.29, 0.717) is 6.42 Å². The zero-order valence-corrected chi connectivity index (χ0v) is 21.1. The van der Waals surface area contributed by atoms with E-state index in [0.717, 1.165) is 12.0 Å². The maximum atomic E-state index is 13.2. The number of esters is 1. The molecule has 1 unspecified atom stereocenters. The molecule has 0 aromatic heterocycles. The van der Waals surface area contributed by atoms with Gasteiger partial charge < -0.3 is 14.9 Å². The van der Waals surface area contributed by atoms with Gasteiger partial charge in [0.15, 0.2) is 12.4 Å². The fraction of sp³-hybridized carbons (Fsp3) is 0.720. The van der Waals surface area contributed by atoms with E-state index in [2.05, 4.69) is 13.8 Å². The molecule has 0 heterocycles. The first-order valence-electron chi connectivity index (χ1n) is 12.1. The van der Waals surface area contributed by atoms with Crippen LogP contribution < -0.4 is 0 Å². The molecule has 9 nitrogen and oxygen atoms in total. The summed E-state index contributed by atoms with van der Waals surface area (Å²) in [5.74, 6) is -2.56. The molecule has 0 aromatic rings. The molecule has 4 rings (SSSR count). The van der Waals surface area contributed by atoms with Gasteiger partial charge in [0.05, 0.1) is 18.3 Å². The molecular formula is C25H35NaO9S. The average Bonchev–Trinajstić information content (AvgIpc) is 3.02. The Morgan fingerprint density at radius 1 is 1.25 bits per heavy atom. The Bertz CT molecular complexity index is 1110. The molecule has 0 aliphatic heterocycles. The summed E-state index contributed by atoms with van der Waals surface area (Å²) in [7, 11) is -4.34. The second kappa shape index (κ2) is 10.0. The number of carbonyl (C=O) groups excluding carboxylic acids is 3. The van der Waals surface area contributed by atoms with Crippen molar-refractivity contribution in [1.29, 1.82) is 0 Å². The minimum absolute atomic E-state index is 0. The third-order valence-corrected chi connectivity index (χ3v) is 10.1. The van der Waals surface area contributed by atoms with Crippen molar-refractivity contribution in [3.63, 3.8) is 0 Å². The fourth-order valence-electron chi connectivity index (χ4n) is 7.76. The third-order valence-electron chi connectivity index (χ3n) is 9.36. The summed E-state index contributed by atoms with van der Waals surface area (Å²) in [4.78, 5) is 37.1. The Balaban J connectivity index is 0.00000361. The molecule has 0 bridgehead atoms. The molecule has 8 atom stereocenters. The molecule has 3 fully saturated rings. The summed E-state index contributed by atoms with van der Waals surface area (Å²) in [5, 5.41) is 23.1. The number of allylic oxidation sites excluding steroid dienone is 4. The van der Waals surface area contributed by atoms with Crippen LogP contribution in [0.4, 0.5) is 0 Å². The predicted octanol–water partition coefficient (Wildman–Crippen LogP) is 0.984. The van der Waals surface area contributed by atoms with Crippen LogP contribution in [0.15, 0.2) is 23.8 Å². The number of fused-ring (bicyclic) bond motifs is 5. The monoisotopic (exact) mass is 534 g/mol. The van der Waals surface area contributed by atoms with Crippen molar-refractivity contribution in [1.82, 2.24) is 0 Å². The van der Waals surface area contributed by atoms with E-state index >= 15 is 0 Å². The number of carbonyl (C=O) groups is 3. The summed E-state index contributed by atoms with van der Waals surface area (Å²) < 4.78 is 35.3. The van der Waals surface area contributed by atoms with E-state index in [4.69, 9.17) is 9.29 Å². The molecule has 0 amide bonds. The average molecular weight is 535 g/mol. The standard InChI is InChI=1S/C25H34O9S.Na.H/c1-14-10-16-17-5-8-25(30,20(28)13-34-21(29)6-9-35(31,32)33)24(17,3)12-19(27)22(16)23(2)7-4-15(26)11-18(14)23;;/h4,7,11,14,16-17,19,22,27,30H,5-6,8-10,12-13H2,1-3H3,(H,31,32,33);;/t14?,16-,17-,19-,22+,23-,24-,25-;;/m0../s1. The summed E-state index contributed by atoms with van der Waals surface area (Å²) in [6, 6.07) is 0. The number of aliphatic hydroxyl groups excluding tert-OH is 1. The van der Waals surface area contributed by atoms with Crippen LogP contribution in [0.3, 0.4) is 0 Å². The first-order chi connectivity index (χ1) is 16.1. The Morgan fingerprint density at radius 3 is 2.56 bits per heavy atom. The molecule has 196 valence electrons.